The predicted octanol–water partition coefficient (Wildman–Crippen LogP) is 5.64. The van der Waals surface area contributed by atoms with E-state index in [9.17, 15) is 0 Å². The van der Waals surface area contributed by atoms with Crippen molar-refractivity contribution >= 4 is 19.9 Å². The zero-order chi connectivity index (χ0) is 18.7. The van der Waals surface area contributed by atoms with Crippen LogP contribution < -0.4 is 20.3 Å². The Morgan fingerprint density at radius 2 is 0.926 bits per heavy atom. The summed E-state index contributed by atoms with van der Waals surface area (Å²) < 4.78 is 13.8. The van der Waals surface area contributed by atoms with E-state index in [2.05, 4.69) is 0 Å². The molecule has 0 spiro atoms. The number of rotatable bonds is 6. The molecule has 4 N–H and O–H groups in total. The molecule has 2 aromatic rings. The Morgan fingerprint density at radius 3 is 1.26 bits per heavy atom. The summed E-state index contributed by atoms with van der Waals surface area (Å²) in [5.41, 5.74) is 14.4. The van der Waals surface area contributed by atoms with Crippen molar-refractivity contribution < 1.29 is 8.85 Å². The smallest absolute Gasteiger partial charge is 0.466 e. The first kappa shape index (κ1) is 18.2. The molecule has 0 heterocycles. The van der Waals surface area contributed by atoms with E-state index in [4.69, 9.17) is 20.3 Å². The van der Waals surface area contributed by atoms with Crippen molar-refractivity contribution in [1.29, 1.82) is 0 Å². The van der Waals surface area contributed by atoms with Crippen LogP contribution in [0.3, 0.4) is 0 Å². The monoisotopic (exact) mass is 382 g/mol. The van der Waals surface area contributed by atoms with Crippen LogP contribution in [-0.4, -0.2) is 8.56 Å². The normalized spacial score (nSPS) is 18.7. The quantitative estimate of drug-likeness (QED) is 0.501. The fraction of sp³-hybridized carbons (Fsp3) is 0.455. The minimum Gasteiger partial charge on any atom is -0.512 e. The molecule has 0 aromatic heterocycles. The van der Waals surface area contributed by atoms with E-state index in [-0.39, 0.29) is 0 Å². The van der Waals surface area contributed by atoms with Gasteiger partial charge in [0.2, 0.25) is 0 Å². The predicted molar refractivity (Wildman–Crippen MR) is 113 cm³/mol. The second-order valence-corrected chi connectivity index (χ2v) is 11.5. The van der Waals surface area contributed by atoms with E-state index >= 15 is 0 Å². The minimum atomic E-state index is -2.53. The third-order valence-electron chi connectivity index (χ3n) is 6.16. The summed E-state index contributed by atoms with van der Waals surface area (Å²) in [4.78, 5) is 0. The zero-order valence-electron chi connectivity index (χ0n) is 15.9. The van der Waals surface area contributed by atoms with Crippen LogP contribution in [0.2, 0.25) is 11.1 Å². The zero-order valence-corrected chi connectivity index (χ0v) is 16.9. The number of hydrogen-bond acceptors (Lipinski definition) is 4. The van der Waals surface area contributed by atoms with E-state index < -0.39 is 8.56 Å². The van der Waals surface area contributed by atoms with Crippen LogP contribution in [0.4, 0.5) is 11.4 Å². The number of benzene rings is 2. The molecule has 0 radical (unpaired) electrons. The van der Waals surface area contributed by atoms with Crippen LogP contribution in [0, 0.1) is 0 Å². The van der Waals surface area contributed by atoms with E-state index in [0.717, 1.165) is 22.9 Å². The lowest BCUT2D eigenvalue weighted by molar-refractivity contribution is 0.335. The molecule has 144 valence electrons. The second-order valence-electron chi connectivity index (χ2n) is 8.03. The average Bonchev–Trinajstić information content (AvgIpc) is 3.39. The van der Waals surface area contributed by atoms with Crippen LogP contribution in [0.25, 0.3) is 0 Å². The number of hydrogen-bond donors (Lipinski definition) is 2. The van der Waals surface area contributed by atoms with Crippen molar-refractivity contribution in [2.45, 2.75) is 62.4 Å². The fourth-order valence-electron chi connectivity index (χ4n) is 4.78. The maximum absolute atomic E-state index is 6.89. The van der Waals surface area contributed by atoms with Crippen LogP contribution in [-0.2, 0) is 0 Å². The van der Waals surface area contributed by atoms with Gasteiger partial charge in [0.25, 0.3) is 0 Å². The molecule has 5 heteroatoms. The average molecular weight is 383 g/mol. The largest absolute Gasteiger partial charge is 0.512 e. The molecular weight excluding hydrogens is 352 g/mol. The molecule has 2 aliphatic carbocycles. The Morgan fingerprint density at radius 1 is 0.593 bits per heavy atom. The molecule has 4 nitrogen and oxygen atoms in total. The van der Waals surface area contributed by atoms with Gasteiger partial charge in [-0.1, -0.05) is 25.7 Å². The van der Waals surface area contributed by atoms with Crippen molar-refractivity contribution in [2.24, 2.45) is 0 Å². The SMILES string of the molecule is Nc1ccc(O[Si](Oc2ccc(N)cc2)(C2CCCC2)C2CCCC2)cc1. The molecule has 0 unspecified atom stereocenters. The van der Waals surface area contributed by atoms with Gasteiger partial charge in [-0.15, -0.1) is 0 Å². The van der Waals surface area contributed by atoms with Crippen molar-refractivity contribution in [1.82, 2.24) is 0 Å². The lowest BCUT2D eigenvalue weighted by Gasteiger charge is -2.40. The fourth-order valence-corrected chi connectivity index (χ4v) is 9.59. The molecule has 4 rings (SSSR count). The van der Waals surface area contributed by atoms with Gasteiger partial charge in [-0.05, 0) is 74.2 Å². The highest BCUT2D eigenvalue weighted by molar-refractivity contribution is 6.72. The molecule has 2 aliphatic rings. The van der Waals surface area contributed by atoms with Crippen molar-refractivity contribution in [3.8, 4) is 11.5 Å². The van der Waals surface area contributed by atoms with Gasteiger partial charge in [0, 0.05) is 22.5 Å². The van der Waals surface area contributed by atoms with Crippen molar-refractivity contribution in [2.75, 3.05) is 11.5 Å². The lowest BCUT2D eigenvalue weighted by Crippen LogP contribution is -2.55. The highest BCUT2D eigenvalue weighted by atomic mass is 28.4. The van der Waals surface area contributed by atoms with Crippen molar-refractivity contribution in [3.63, 3.8) is 0 Å². The highest BCUT2D eigenvalue weighted by Gasteiger charge is 2.57. The van der Waals surface area contributed by atoms with E-state index in [1.807, 2.05) is 48.5 Å². The first-order valence-corrected chi connectivity index (χ1v) is 12.2. The van der Waals surface area contributed by atoms with Crippen LogP contribution >= 0.6 is 0 Å². The van der Waals surface area contributed by atoms with Crippen molar-refractivity contribution in [3.05, 3.63) is 48.5 Å². The van der Waals surface area contributed by atoms with Crippen LogP contribution in [0.5, 0.6) is 11.5 Å². The maximum atomic E-state index is 6.89. The summed E-state index contributed by atoms with van der Waals surface area (Å²) in [5.74, 6) is 1.79. The molecule has 27 heavy (non-hydrogen) atoms. The molecule has 0 bridgehead atoms. The molecule has 0 amide bonds. The molecule has 0 aliphatic heterocycles. The first-order chi connectivity index (χ1) is 13.2. The highest BCUT2D eigenvalue weighted by Crippen LogP contribution is 2.51. The van der Waals surface area contributed by atoms with Gasteiger partial charge in [-0.3, -0.25) is 0 Å². The Kier molecular flexibility index (Phi) is 5.30. The summed E-state index contributed by atoms with van der Waals surface area (Å²) >= 11 is 0. The van der Waals surface area contributed by atoms with E-state index in [1.165, 1.54) is 51.4 Å². The van der Waals surface area contributed by atoms with Gasteiger partial charge < -0.3 is 20.3 Å². The minimum absolute atomic E-state index is 0.538. The molecule has 0 atom stereocenters. The molecular formula is C22H30N2O2Si. The van der Waals surface area contributed by atoms with Gasteiger partial charge in [0.05, 0.1) is 0 Å². The number of anilines is 2. The van der Waals surface area contributed by atoms with Crippen LogP contribution in [0.1, 0.15) is 51.4 Å². The van der Waals surface area contributed by atoms with E-state index in [1.54, 1.807) is 0 Å². The standard InChI is InChI=1S/C22H30N2O2Si/c23-17-9-13-19(14-10-17)25-27(21-5-1-2-6-21,22-7-3-4-8-22)26-20-15-11-18(24)12-16-20/h9-16,21-22H,1-8,23-24H2. The van der Waals surface area contributed by atoms with Gasteiger partial charge in [-0.25, -0.2) is 0 Å². The number of nitrogen functional groups attached to an aromatic ring is 2. The Bertz CT molecular complexity index is 670. The molecule has 2 fully saturated rings. The maximum Gasteiger partial charge on any atom is 0.466 e. The van der Waals surface area contributed by atoms with Gasteiger partial charge in [0.15, 0.2) is 0 Å². The third kappa shape index (κ3) is 3.93. The van der Waals surface area contributed by atoms with Crippen LogP contribution in [0.15, 0.2) is 48.5 Å². The van der Waals surface area contributed by atoms with Gasteiger partial charge in [-0.2, -0.15) is 0 Å². The van der Waals surface area contributed by atoms with Gasteiger partial charge >= 0.3 is 8.56 Å². The molecule has 2 aromatic carbocycles. The molecule has 0 saturated heterocycles. The second kappa shape index (κ2) is 7.85. The number of nitrogens with two attached hydrogens (primary N) is 2. The Hall–Kier alpha value is -2.14. The summed E-state index contributed by atoms with van der Waals surface area (Å²) in [5, 5.41) is 0. The summed E-state index contributed by atoms with van der Waals surface area (Å²) in [6.45, 7) is 0. The third-order valence-corrected chi connectivity index (χ3v) is 10.7. The first-order valence-electron chi connectivity index (χ1n) is 10.2. The van der Waals surface area contributed by atoms with E-state index in [0.29, 0.717) is 11.1 Å². The lowest BCUT2D eigenvalue weighted by atomic mass is 10.3. The summed E-state index contributed by atoms with van der Waals surface area (Å²) in [7, 11) is -2.53. The topological polar surface area (TPSA) is 70.5 Å². The van der Waals surface area contributed by atoms with Gasteiger partial charge in [0.1, 0.15) is 11.5 Å². The summed E-state index contributed by atoms with van der Waals surface area (Å²) in [6, 6.07) is 15.6. The Labute approximate surface area is 163 Å². The Balaban J connectivity index is 1.72. The molecule has 2 saturated carbocycles. The summed E-state index contributed by atoms with van der Waals surface area (Å²) in [6.07, 6.45) is 9.98.